The lowest BCUT2D eigenvalue weighted by molar-refractivity contribution is -0.0289. The van der Waals surface area contributed by atoms with Crippen LogP contribution in [0.15, 0.2) is 30.3 Å². The van der Waals surface area contributed by atoms with Crippen LogP contribution in [-0.4, -0.2) is 53.8 Å². The summed E-state index contributed by atoms with van der Waals surface area (Å²) >= 11 is 0. The molecule has 1 aliphatic heterocycles. The zero-order valence-corrected chi connectivity index (χ0v) is 16.8. The maximum Gasteiger partial charge on any atom is 0.430 e. The number of hydrogen-bond acceptors (Lipinski definition) is 6. The van der Waals surface area contributed by atoms with E-state index in [1.54, 1.807) is 25.8 Å². The molecule has 1 aliphatic rings. The van der Waals surface area contributed by atoms with Crippen LogP contribution in [0.4, 0.5) is 9.59 Å². The molecule has 8 heteroatoms. The quantitative estimate of drug-likeness (QED) is 0.573. The highest BCUT2D eigenvalue weighted by molar-refractivity contribution is 5.80. The van der Waals surface area contributed by atoms with Gasteiger partial charge in [-0.3, -0.25) is 5.41 Å². The van der Waals surface area contributed by atoms with E-state index in [1.807, 2.05) is 30.3 Å². The number of alkyl carbamates (subject to hydrolysis) is 1. The molecule has 2 rings (SSSR count). The van der Waals surface area contributed by atoms with Gasteiger partial charge in [-0.05, 0) is 45.1 Å². The lowest BCUT2D eigenvalue weighted by Gasteiger charge is -2.38. The number of carbonyl (C=O) groups is 2. The highest BCUT2D eigenvalue weighted by atomic mass is 16.6. The average Bonchev–Trinajstić information content (AvgIpc) is 2.65. The predicted molar refractivity (Wildman–Crippen MR) is 106 cm³/mol. The Morgan fingerprint density at radius 3 is 2.68 bits per heavy atom. The Morgan fingerprint density at radius 2 is 2.04 bits per heavy atom. The van der Waals surface area contributed by atoms with Gasteiger partial charge in [-0.15, -0.1) is 0 Å². The van der Waals surface area contributed by atoms with Crippen LogP contribution >= 0.6 is 0 Å². The zero-order chi connectivity index (χ0) is 20.6. The molecule has 0 radical (unpaired) electrons. The second-order valence-corrected chi connectivity index (χ2v) is 7.82. The largest absolute Gasteiger partial charge is 0.445 e. The van der Waals surface area contributed by atoms with Crippen molar-refractivity contribution in [1.29, 1.82) is 5.41 Å². The molecule has 154 valence electrons. The molecule has 1 fully saturated rings. The molecule has 0 saturated carbocycles. The van der Waals surface area contributed by atoms with Crippen LogP contribution in [0.2, 0.25) is 0 Å². The summed E-state index contributed by atoms with van der Waals surface area (Å²) in [7, 11) is 0. The minimum absolute atomic E-state index is 0.155. The number of carbonyl (C=O) groups excluding carboxylic acids is 2. The van der Waals surface area contributed by atoms with Crippen LogP contribution in [0.5, 0.6) is 0 Å². The topological polar surface area (TPSA) is 95.0 Å². The summed E-state index contributed by atoms with van der Waals surface area (Å²) in [6.07, 6.45) is 1.72. The van der Waals surface area contributed by atoms with Crippen LogP contribution in [-0.2, 0) is 16.1 Å². The first-order valence-electron chi connectivity index (χ1n) is 9.50. The third kappa shape index (κ3) is 7.19. The molecule has 1 saturated heterocycles. The third-order valence-electron chi connectivity index (χ3n) is 4.25. The number of rotatable bonds is 6. The Morgan fingerprint density at radius 1 is 1.32 bits per heavy atom. The van der Waals surface area contributed by atoms with Gasteiger partial charge in [0.05, 0.1) is 0 Å². The molecule has 0 spiro atoms. The maximum absolute atomic E-state index is 12.3. The van der Waals surface area contributed by atoms with Gasteiger partial charge in [0, 0.05) is 19.6 Å². The number of amides is 2. The van der Waals surface area contributed by atoms with Crippen LogP contribution in [0.3, 0.4) is 0 Å². The standard InChI is InChI=1S/C20H30N4O4/c1-20(2,3)28-19(26)24(15-21)23-11-7-10-17(13-23)12-22-18(25)27-14-16-8-5-4-6-9-16/h4-6,8-9,15,17,21H,7,10-14H2,1-3H3,(H,22,25)/t17-/m0/s1. The molecule has 1 aromatic rings. The van der Waals surface area contributed by atoms with E-state index >= 15 is 0 Å². The van der Waals surface area contributed by atoms with Crippen LogP contribution in [0.25, 0.3) is 0 Å². The molecule has 8 nitrogen and oxygen atoms in total. The number of ether oxygens (including phenoxy) is 2. The smallest absolute Gasteiger partial charge is 0.430 e. The third-order valence-corrected chi connectivity index (χ3v) is 4.25. The van der Waals surface area contributed by atoms with Gasteiger partial charge in [0.1, 0.15) is 18.5 Å². The van der Waals surface area contributed by atoms with Gasteiger partial charge in [0.25, 0.3) is 0 Å². The second kappa shape index (κ2) is 10.1. The number of hydrazine groups is 1. The first-order valence-corrected chi connectivity index (χ1v) is 9.50. The summed E-state index contributed by atoms with van der Waals surface area (Å²) in [5.41, 5.74) is 0.304. The predicted octanol–water partition coefficient (Wildman–Crippen LogP) is 3.38. The summed E-state index contributed by atoms with van der Waals surface area (Å²) in [5.74, 6) is 0.155. The van der Waals surface area contributed by atoms with Gasteiger partial charge < -0.3 is 14.8 Å². The molecule has 28 heavy (non-hydrogen) atoms. The van der Waals surface area contributed by atoms with Crippen molar-refractivity contribution in [3.05, 3.63) is 35.9 Å². The van der Waals surface area contributed by atoms with E-state index in [1.165, 1.54) is 5.01 Å². The molecule has 0 bridgehead atoms. The fourth-order valence-corrected chi connectivity index (χ4v) is 2.97. The molecular weight excluding hydrogens is 360 g/mol. The molecule has 1 atom stereocenters. The summed E-state index contributed by atoms with van der Waals surface area (Å²) in [6, 6.07) is 9.50. The van der Waals surface area contributed by atoms with Crippen molar-refractivity contribution in [2.75, 3.05) is 19.6 Å². The van der Waals surface area contributed by atoms with Crippen LogP contribution < -0.4 is 5.32 Å². The van der Waals surface area contributed by atoms with Crippen molar-refractivity contribution < 1.29 is 19.1 Å². The number of nitrogens with one attached hydrogen (secondary N) is 2. The zero-order valence-electron chi connectivity index (χ0n) is 16.8. The van der Waals surface area contributed by atoms with E-state index in [4.69, 9.17) is 14.9 Å². The maximum atomic E-state index is 12.3. The fraction of sp³-hybridized carbons (Fsp3) is 0.550. The van der Waals surface area contributed by atoms with Gasteiger partial charge in [-0.1, -0.05) is 30.3 Å². The van der Waals surface area contributed by atoms with E-state index in [0.717, 1.165) is 24.7 Å². The fourth-order valence-electron chi connectivity index (χ4n) is 2.97. The Balaban J connectivity index is 1.79. The lowest BCUT2D eigenvalue weighted by atomic mass is 9.99. The van der Waals surface area contributed by atoms with Gasteiger partial charge in [-0.25, -0.2) is 14.6 Å². The van der Waals surface area contributed by atoms with Crippen molar-refractivity contribution in [1.82, 2.24) is 15.3 Å². The van der Waals surface area contributed by atoms with Crippen molar-refractivity contribution in [2.24, 2.45) is 5.92 Å². The van der Waals surface area contributed by atoms with E-state index in [2.05, 4.69) is 5.32 Å². The minimum Gasteiger partial charge on any atom is -0.445 e. The lowest BCUT2D eigenvalue weighted by Crippen LogP contribution is -2.52. The molecule has 0 unspecified atom stereocenters. The number of nitrogens with zero attached hydrogens (tertiary/aromatic N) is 2. The van der Waals surface area contributed by atoms with Crippen molar-refractivity contribution >= 4 is 18.5 Å². The average molecular weight is 390 g/mol. The summed E-state index contributed by atoms with van der Waals surface area (Å²) in [4.78, 5) is 24.2. The Kier molecular flexibility index (Phi) is 7.80. The number of piperidine rings is 1. The van der Waals surface area contributed by atoms with E-state index in [-0.39, 0.29) is 12.5 Å². The van der Waals surface area contributed by atoms with Crippen molar-refractivity contribution in [2.45, 2.75) is 45.8 Å². The van der Waals surface area contributed by atoms with E-state index in [0.29, 0.717) is 19.6 Å². The molecule has 1 aromatic carbocycles. The molecule has 2 N–H and O–H groups in total. The first-order chi connectivity index (χ1) is 13.3. The summed E-state index contributed by atoms with van der Waals surface area (Å²) in [6.45, 7) is 7.25. The molecule has 0 aromatic heterocycles. The molecule has 2 amide bonds. The van der Waals surface area contributed by atoms with Crippen molar-refractivity contribution in [3.63, 3.8) is 0 Å². The van der Waals surface area contributed by atoms with Crippen LogP contribution in [0.1, 0.15) is 39.2 Å². The first kappa shape index (κ1) is 21.7. The molecular formula is C20H30N4O4. The van der Waals surface area contributed by atoms with Gasteiger partial charge >= 0.3 is 12.2 Å². The van der Waals surface area contributed by atoms with Crippen LogP contribution in [0, 0.1) is 11.3 Å². The Labute approximate surface area is 166 Å². The van der Waals surface area contributed by atoms with E-state index in [9.17, 15) is 9.59 Å². The monoisotopic (exact) mass is 390 g/mol. The highest BCUT2D eigenvalue weighted by Crippen LogP contribution is 2.19. The summed E-state index contributed by atoms with van der Waals surface area (Å²) < 4.78 is 10.6. The summed E-state index contributed by atoms with van der Waals surface area (Å²) in [5, 5.41) is 13.3. The number of benzene rings is 1. The minimum atomic E-state index is -0.627. The second-order valence-electron chi connectivity index (χ2n) is 7.82. The SMILES string of the molecule is CC(C)(C)OC(=O)N(C=N)N1CCC[C@@H](CNC(=O)OCc2ccccc2)C1. The number of hydrogen-bond donors (Lipinski definition) is 2. The van der Waals surface area contributed by atoms with Gasteiger partial charge in [0.2, 0.25) is 0 Å². The van der Waals surface area contributed by atoms with E-state index < -0.39 is 17.8 Å². The van der Waals surface area contributed by atoms with Gasteiger partial charge in [-0.2, -0.15) is 5.01 Å². The Hall–Kier alpha value is -2.61. The van der Waals surface area contributed by atoms with Crippen molar-refractivity contribution in [3.8, 4) is 0 Å². The highest BCUT2D eigenvalue weighted by Gasteiger charge is 2.30. The molecule has 1 heterocycles. The molecule has 0 aliphatic carbocycles. The normalized spacial score (nSPS) is 17.5. The van der Waals surface area contributed by atoms with Gasteiger partial charge in [0.15, 0.2) is 0 Å². The Bertz CT molecular complexity index is 660.